The van der Waals surface area contributed by atoms with Crippen LogP contribution in [-0.2, 0) is 24.2 Å². The number of fused-ring (bicyclic) bond motifs is 1. The summed E-state index contributed by atoms with van der Waals surface area (Å²) in [5.41, 5.74) is 3.21. The molecule has 2 aliphatic rings. The van der Waals surface area contributed by atoms with E-state index in [1.807, 2.05) is 23.1 Å². The third kappa shape index (κ3) is 3.77. The van der Waals surface area contributed by atoms with E-state index < -0.39 is 0 Å². The highest BCUT2D eigenvalue weighted by molar-refractivity contribution is 7.10. The minimum Gasteiger partial charge on any atom is -0.370 e. The quantitative estimate of drug-likeness (QED) is 0.836. The number of amides is 1. The summed E-state index contributed by atoms with van der Waals surface area (Å²) in [6, 6.07) is 5.86. The van der Waals surface area contributed by atoms with E-state index in [1.54, 1.807) is 17.5 Å². The lowest BCUT2D eigenvalue weighted by molar-refractivity contribution is -0.00787. The Bertz CT molecular complexity index is 729. The van der Waals surface area contributed by atoms with Crippen molar-refractivity contribution in [3.63, 3.8) is 0 Å². The lowest BCUT2D eigenvalue weighted by Crippen LogP contribution is -2.43. The Morgan fingerprint density at radius 1 is 1.28 bits per heavy atom. The van der Waals surface area contributed by atoms with Gasteiger partial charge in [0.15, 0.2) is 0 Å². The van der Waals surface area contributed by atoms with Gasteiger partial charge in [0.25, 0.3) is 5.91 Å². The molecule has 5 heteroatoms. The molecule has 2 aromatic rings. The summed E-state index contributed by atoms with van der Waals surface area (Å²) in [5.74, 6) is 0.200. The van der Waals surface area contributed by atoms with Gasteiger partial charge < -0.3 is 9.64 Å². The second kappa shape index (κ2) is 7.67. The highest BCUT2D eigenvalue weighted by Crippen LogP contribution is 2.31. The topological polar surface area (TPSA) is 42.4 Å². The average Bonchev–Trinajstić information content (AvgIpc) is 3.11. The van der Waals surface area contributed by atoms with Crippen LogP contribution in [0.25, 0.3) is 0 Å². The number of hydrogen-bond acceptors (Lipinski definition) is 4. The van der Waals surface area contributed by atoms with Gasteiger partial charge in [0.1, 0.15) is 0 Å². The number of pyridine rings is 1. The first-order chi connectivity index (χ1) is 12.3. The summed E-state index contributed by atoms with van der Waals surface area (Å²) in [6.07, 6.45) is 8.58. The van der Waals surface area contributed by atoms with E-state index in [0.717, 1.165) is 43.5 Å². The highest BCUT2D eigenvalue weighted by atomic mass is 32.1. The van der Waals surface area contributed by atoms with Crippen molar-refractivity contribution in [1.29, 1.82) is 0 Å². The molecule has 0 spiro atoms. The Morgan fingerprint density at radius 2 is 2.20 bits per heavy atom. The van der Waals surface area contributed by atoms with Crippen LogP contribution in [-0.4, -0.2) is 35.0 Å². The number of nitrogens with zero attached hydrogens (tertiary/aromatic N) is 2. The van der Waals surface area contributed by atoms with Crippen molar-refractivity contribution in [3.8, 4) is 0 Å². The second-order valence-electron chi connectivity index (χ2n) is 6.91. The summed E-state index contributed by atoms with van der Waals surface area (Å²) >= 11 is 1.77. The van der Waals surface area contributed by atoms with E-state index in [9.17, 15) is 4.79 Å². The molecule has 4 nitrogen and oxygen atoms in total. The smallest absolute Gasteiger partial charge is 0.255 e. The first-order valence-electron chi connectivity index (χ1n) is 9.21. The number of aryl methyl sites for hydroxylation is 1. The van der Waals surface area contributed by atoms with Crippen molar-refractivity contribution in [2.45, 2.75) is 51.2 Å². The van der Waals surface area contributed by atoms with Gasteiger partial charge in [-0.3, -0.25) is 9.78 Å². The summed E-state index contributed by atoms with van der Waals surface area (Å²) in [7, 11) is 0. The van der Waals surface area contributed by atoms with E-state index in [0.29, 0.717) is 13.2 Å². The average molecular weight is 356 g/mol. The number of thiophene rings is 1. The van der Waals surface area contributed by atoms with Gasteiger partial charge in [-0.25, -0.2) is 0 Å². The molecule has 1 saturated heterocycles. The molecular weight excluding hydrogens is 332 g/mol. The highest BCUT2D eigenvalue weighted by Gasteiger charge is 2.28. The van der Waals surface area contributed by atoms with Gasteiger partial charge in [0, 0.05) is 29.5 Å². The summed E-state index contributed by atoms with van der Waals surface area (Å²) in [4.78, 5) is 20.7. The minimum atomic E-state index is 0.106. The first kappa shape index (κ1) is 16.7. The van der Waals surface area contributed by atoms with Gasteiger partial charge in [0.05, 0.1) is 24.0 Å². The van der Waals surface area contributed by atoms with Crippen molar-refractivity contribution in [2.75, 3.05) is 13.1 Å². The first-order valence-corrected chi connectivity index (χ1v) is 10.1. The molecule has 3 heterocycles. The van der Waals surface area contributed by atoms with Crippen LogP contribution in [0.1, 0.15) is 52.2 Å². The summed E-state index contributed by atoms with van der Waals surface area (Å²) in [5, 5.41) is 2.08. The van der Waals surface area contributed by atoms with Crippen LogP contribution in [0.15, 0.2) is 29.8 Å². The maximum atomic E-state index is 13.0. The largest absolute Gasteiger partial charge is 0.370 e. The van der Waals surface area contributed by atoms with Gasteiger partial charge in [-0.1, -0.05) is 6.07 Å². The minimum absolute atomic E-state index is 0.106. The number of aromatic nitrogens is 1. The number of ether oxygens (including phenoxy) is 1. The lowest BCUT2D eigenvalue weighted by atomic mass is 9.95. The third-order valence-electron chi connectivity index (χ3n) is 5.15. The lowest BCUT2D eigenvalue weighted by Gasteiger charge is -2.33. The van der Waals surface area contributed by atoms with Gasteiger partial charge in [-0.2, -0.15) is 0 Å². The fourth-order valence-corrected chi connectivity index (χ4v) is 4.91. The monoisotopic (exact) mass is 356 g/mol. The predicted molar refractivity (Wildman–Crippen MR) is 98.9 cm³/mol. The van der Waals surface area contributed by atoms with Crippen molar-refractivity contribution >= 4 is 17.2 Å². The number of likely N-dealkylation sites (tertiary alicyclic amines) is 1. The van der Waals surface area contributed by atoms with Crippen molar-refractivity contribution in [2.24, 2.45) is 0 Å². The molecule has 25 heavy (non-hydrogen) atoms. The Kier molecular flexibility index (Phi) is 5.13. The molecule has 2 aromatic heterocycles. The van der Waals surface area contributed by atoms with Crippen LogP contribution in [0.5, 0.6) is 0 Å². The van der Waals surface area contributed by atoms with Gasteiger partial charge in [-0.15, -0.1) is 11.3 Å². The van der Waals surface area contributed by atoms with Gasteiger partial charge >= 0.3 is 0 Å². The number of piperidine rings is 1. The van der Waals surface area contributed by atoms with E-state index in [2.05, 4.69) is 10.4 Å². The summed E-state index contributed by atoms with van der Waals surface area (Å²) < 4.78 is 6.03. The fraction of sp³-hybridized carbons (Fsp3) is 0.500. The third-order valence-corrected chi connectivity index (χ3v) is 6.24. The van der Waals surface area contributed by atoms with Gasteiger partial charge in [0.2, 0.25) is 0 Å². The number of hydrogen-bond donors (Lipinski definition) is 0. The fourth-order valence-electron chi connectivity index (χ4n) is 3.79. The molecule has 0 N–H and O–H groups in total. The molecule has 1 fully saturated rings. The van der Waals surface area contributed by atoms with Crippen LogP contribution in [0.3, 0.4) is 0 Å². The Morgan fingerprint density at radius 3 is 3.08 bits per heavy atom. The molecule has 1 atom stereocenters. The standard InChI is InChI=1S/C20H24N2O2S/c23-20(18-14-25-19-9-2-1-8-17(18)19)22-11-5-7-16(12-22)24-13-15-6-3-4-10-21-15/h3-4,6,10,14,16H,1-2,5,7-9,11-13H2. The van der Waals surface area contributed by atoms with Crippen LogP contribution >= 0.6 is 11.3 Å². The normalized spacial score (nSPS) is 20.3. The van der Waals surface area contributed by atoms with E-state index >= 15 is 0 Å². The molecule has 0 bridgehead atoms. The molecule has 0 aromatic carbocycles. The van der Waals surface area contributed by atoms with Crippen LogP contribution in [0.2, 0.25) is 0 Å². The number of rotatable bonds is 4. The second-order valence-corrected chi connectivity index (χ2v) is 7.87. The van der Waals surface area contributed by atoms with Crippen LogP contribution in [0.4, 0.5) is 0 Å². The molecule has 0 saturated carbocycles. The van der Waals surface area contributed by atoms with Crippen molar-refractivity contribution in [1.82, 2.24) is 9.88 Å². The maximum Gasteiger partial charge on any atom is 0.255 e. The molecule has 4 rings (SSSR count). The van der Waals surface area contributed by atoms with Crippen molar-refractivity contribution in [3.05, 3.63) is 51.5 Å². The summed E-state index contributed by atoms with van der Waals surface area (Å²) in [6.45, 7) is 2.05. The van der Waals surface area contributed by atoms with Gasteiger partial charge in [-0.05, 0) is 56.2 Å². The van der Waals surface area contributed by atoms with Crippen LogP contribution < -0.4 is 0 Å². The van der Waals surface area contributed by atoms with E-state index in [-0.39, 0.29) is 12.0 Å². The van der Waals surface area contributed by atoms with Crippen molar-refractivity contribution < 1.29 is 9.53 Å². The van der Waals surface area contributed by atoms with E-state index in [4.69, 9.17) is 4.74 Å². The molecule has 1 unspecified atom stereocenters. The molecular formula is C20H24N2O2S. The number of carbonyl (C=O) groups excluding carboxylic acids is 1. The Labute approximate surface area is 152 Å². The molecule has 132 valence electrons. The zero-order chi connectivity index (χ0) is 17.1. The van der Waals surface area contributed by atoms with E-state index in [1.165, 1.54) is 23.3 Å². The zero-order valence-electron chi connectivity index (χ0n) is 14.4. The maximum absolute atomic E-state index is 13.0. The molecule has 1 amide bonds. The predicted octanol–water partition coefficient (Wildman–Crippen LogP) is 3.84. The van der Waals surface area contributed by atoms with Crippen LogP contribution in [0, 0.1) is 0 Å². The number of carbonyl (C=O) groups is 1. The molecule has 1 aliphatic carbocycles. The Balaban J connectivity index is 1.39. The molecule has 1 aliphatic heterocycles. The molecule has 0 radical (unpaired) electrons. The zero-order valence-corrected chi connectivity index (χ0v) is 15.3. The SMILES string of the molecule is O=C(c1csc2c1CCCC2)N1CCCC(OCc2ccccn2)C1. The Hall–Kier alpha value is -1.72.